The predicted molar refractivity (Wildman–Crippen MR) is 215 cm³/mol. The average Bonchev–Trinajstić information content (AvgIpc) is 3.80. The summed E-state index contributed by atoms with van der Waals surface area (Å²) in [6, 6.07) is 37.7. The van der Waals surface area contributed by atoms with E-state index >= 15 is 0 Å². The molecular weight excluding hydrogens is 831 g/mol. The van der Waals surface area contributed by atoms with Gasteiger partial charge in [0.25, 0.3) is 0 Å². The smallest absolute Gasteiger partial charge is 0.216 e. The summed E-state index contributed by atoms with van der Waals surface area (Å²) in [5.41, 5.74) is 11.3. The van der Waals surface area contributed by atoms with Crippen LogP contribution in [-0.2, 0) is 26.5 Å². The number of aryl methyl sites for hydroxylation is 1. The van der Waals surface area contributed by atoms with Crippen molar-refractivity contribution in [1.82, 2.24) is 15.0 Å². The number of rotatable bonds is 7. The molecule has 1 saturated carbocycles. The van der Waals surface area contributed by atoms with Crippen molar-refractivity contribution in [2.45, 2.75) is 78.4 Å². The molecule has 267 valence electrons. The second-order valence-electron chi connectivity index (χ2n) is 15.3. The van der Waals surface area contributed by atoms with Gasteiger partial charge in [0, 0.05) is 43.4 Å². The number of aromatic nitrogens is 3. The summed E-state index contributed by atoms with van der Waals surface area (Å²) >= 11 is 0. The molecule has 3 aromatic carbocycles. The summed E-state index contributed by atoms with van der Waals surface area (Å²) in [4.78, 5) is 14.2. The molecule has 1 aliphatic carbocycles. The molecule has 0 bridgehead atoms. The fraction of sp³-hybridized carbons (Fsp3) is 0.283. The molecule has 0 amide bonds. The van der Waals surface area contributed by atoms with Crippen LogP contribution in [0, 0.1) is 25.0 Å². The second-order valence-corrected chi connectivity index (χ2v) is 20.3. The number of hydrogen-bond donors (Lipinski definition) is 0. The Morgan fingerprint density at radius 2 is 1.62 bits per heavy atom. The van der Waals surface area contributed by atoms with E-state index in [1.807, 2.05) is 42.6 Å². The largest absolute Gasteiger partial charge is 0.486 e. The average molecular weight is 878 g/mol. The molecule has 52 heavy (non-hydrogen) atoms. The van der Waals surface area contributed by atoms with Gasteiger partial charge in [0.05, 0.1) is 19.4 Å². The second kappa shape index (κ2) is 16.2. The maximum atomic E-state index is 6.30. The van der Waals surface area contributed by atoms with Crippen molar-refractivity contribution < 1.29 is 24.5 Å². The van der Waals surface area contributed by atoms with E-state index in [4.69, 9.17) is 14.4 Å². The van der Waals surface area contributed by atoms with Gasteiger partial charge in [-0.1, -0.05) is 131 Å². The van der Waals surface area contributed by atoms with Crippen molar-refractivity contribution in [1.29, 1.82) is 0 Å². The Morgan fingerprint density at radius 3 is 2.33 bits per heavy atom. The van der Waals surface area contributed by atoms with Crippen LogP contribution in [0.25, 0.3) is 55.8 Å². The Labute approximate surface area is 323 Å². The molecule has 0 unspecified atom stereocenters. The van der Waals surface area contributed by atoms with Crippen molar-refractivity contribution in [3.63, 3.8) is 0 Å². The minimum atomic E-state index is -1.35. The molecule has 6 heteroatoms. The topological polar surface area (TPSA) is 51.8 Å². The van der Waals surface area contributed by atoms with Crippen LogP contribution in [0.5, 0.6) is 0 Å². The maximum absolute atomic E-state index is 6.30. The van der Waals surface area contributed by atoms with Gasteiger partial charge in [-0.25, -0.2) is 4.98 Å². The van der Waals surface area contributed by atoms with Crippen molar-refractivity contribution in [3.8, 4) is 33.8 Å². The molecule has 0 spiro atoms. The van der Waals surface area contributed by atoms with Gasteiger partial charge in [-0.2, -0.15) is 0 Å². The van der Waals surface area contributed by atoms with Crippen LogP contribution in [0.2, 0.25) is 19.6 Å². The van der Waals surface area contributed by atoms with Crippen LogP contribution in [0.15, 0.2) is 108 Å². The fourth-order valence-corrected chi connectivity index (χ4v) is 8.92. The zero-order valence-electron chi connectivity index (χ0n) is 31.1. The summed E-state index contributed by atoms with van der Waals surface area (Å²) in [6.45, 7) is 13.7. The predicted octanol–water partition coefficient (Wildman–Crippen LogP) is 11.8. The van der Waals surface area contributed by atoms with Gasteiger partial charge in [-0.15, -0.1) is 53.6 Å². The molecule has 0 saturated heterocycles. The van der Waals surface area contributed by atoms with E-state index in [-0.39, 0.29) is 20.1 Å². The quantitative estimate of drug-likeness (QED) is 0.118. The Morgan fingerprint density at radius 1 is 0.846 bits per heavy atom. The van der Waals surface area contributed by atoms with Crippen molar-refractivity contribution in [3.05, 3.63) is 132 Å². The Balaban J connectivity index is 0.000000182. The van der Waals surface area contributed by atoms with E-state index in [2.05, 4.69) is 118 Å². The Bertz CT molecular complexity index is 2270. The van der Waals surface area contributed by atoms with Gasteiger partial charge in [-0.3, -0.25) is 0 Å². The van der Waals surface area contributed by atoms with E-state index in [1.165, 1.54) is 37.7 Å². The molecule has 4 aromatic heterocycles. The number of benzene rings is 3. The number of nitrogens with zero attached hydrogens (tertiary/aromatic N) is 3. The minimum absolute atomic E-state index is 0. The van der Waals surface area contributed by atoms with E-state index in [0.29, 0.717) is 11.6 Å². The van der Waals surface area contributed by atoms with E-state index in [9.17, 15) is 0 Å². The number of fused-ring (bicyclic) bond motifs is 3. The maximum Gasteiger partial charge on any atom is 0.216 e. The minimum Gasteiger partial charge on any atom is -0.486 e. The van der Waals surface area contributed by atoms with E-state index < -0.39 is 8.07 Å². The van der Waals surface area contributed by atoms with Crippen LogP contribution in [-0.4, -0.2) is 23.0 Å². The van der Waals surface area contributed by atoms with Crippen LogP contribution in [0.3, 0.4) is 0 Å². The molecule has 0 aliphatic heterocycles. The van der Waals surface area contributed by atoms with E-state index in [1.54, 1.807) is 10.8 Å². The molecule has 0 atom stereocenters. The summed E-state index contributed by atoms with van der Waals surface area (Å²) in [5, 5.41) is 3.64. The molecule has 4 nitrogen and oxygen atoms in total. The van der Waals surface area contributed by atoms with Crippen molar-refractivity contribution >= 4 is 35.3 Å². The summed E-state index contributed by atoms with van der Waals surface area (Å²) in [5.74, 6) is 1.31. The standard InChI is InChI=1S/C26H21N2O.C20H26NSi.Ir/c1-16(2)19-13-14-27-23(15-19)20-10-9-17(3)24-21-11-12-22(18-7-5-4-6-8-18)28-26(21)29-25(20)24;1-22(2,3)20-15-21-19(17-11-5-4-6-12-17)14-18(20)13-16-9-7-8-10-16;/h4-9,11-16H,1-3H3;4-6,11,14-16H,7-10,13H2,1-3H3;/q2*-1;. The number of pyridine rings is 3. The van der Waals surface area contributed by atoms with Gasteiger partial charge in [0.15, 0.2) is 0 Å². The molecule has 8 rings (SSSR count). The van der Waals surface area contributed by atoms with Gasteiger partial charge in [0.1, 0.15) is 0 Å². The molecule has 1 radical (unpaired) electrons. The summed E-state index contributed by atoms with van der Waals surface area (Å²) in [7, 11) is -1.35. The van der Waals surface area contributed by atoms with Crippen LogP contribution in [0.1, 0.15) is 62.1 Å². The first-order chi connectivity index (χ1) is 24.7. The van der Waals surface area contributed by atoms with Crippen LogP contribution in [0.4, 0.5) is 0 Å². The molecule has 1 fully saturated rings. The third-order valence-corrected chi connectivity index (χ3v) is 12.2. The third-order valence-electron chi connectivity index (χ3n) is 10.2. The first kappa shape index (κ1) is 37.5. The third kappa shape index (κ3) is 8.20. The number of furan rings is 1. The SMILES string of the molecule is C[Si](C)(C)c1cnc(-c2[c-]cccc2)cc1CC1CCCC1.Cc1c[c-]c(-c2cc(C(C)C)ccn2)c2oc3nc(-c4ccccc4)ccc3c12.[Ir]. The fourth-order valence-electron chi connectivity index (χ4n) is 7.33. The summed E-state index contributed by atoms with van der Waals surface area (Å²) < 4.78 is 6.30. The molecule has 1 aliphatic rings. The van der Waals surface area contributed by atoms with Crippen molar-refractivity contribution in [2.75, 3.05) is 0 Å². The molecule has 4 heterocycles. The molecular formula is C46H47IrN3OSi-2. The first-order valence-corrected chi connectivity index (χ1v) is 21.9. The normalized spacial score (nSPS) is 13.3. The zero-order chi connectivity index (χ0) is 35.5. The molecule has 0 N–H and O–H groups in total. The van der Waals surface area contributed by atoms with Crippen molar-refractivity contribution in [2.24, 2.45) is 5.92 Å². The zero-order valence-corrected chi connectivity index (χ0v) is 34.5. The summed E-state index contributed by atoms with van der Waals surface area (Å²) in [6.07, 6.45) is 10.9. The van der Waals surface area contributed by atoms with Crippen LogP contribution < -0.4 is 5.19 Å². The van der Waals surface area contributed by atoms with E-state index in [0.717, 1.165) is 61.6 Å². The van der Waals surface area contributed by atoms with Gasteiger partial charge in [0.2, 0.25) is 5.71 Å². The van der Waals surface area contributed by atoms with Gasteiger partial charge in [-0.05, 0) is 53.0 Å². The van der Waals surface area contributed by atoms with Crippen LogP contribution >= 0.6 is 0 Å². The Hall–Kier alpha value is -4.22. The van der Waals surface area contributed by atoms with Gasteiger partial charge >= 0.3 is 0 Å². The monoisotopic (exact) mass is 878 g/mol. The Kier molecular flexibility index (Phi) is 11.7. The van der Waals surface area contributed by atoms with Gasteiger partial charge < -0.3 is 14.4 Å². The number of hydrogen-bond acceptors (Lipinski definition) is 4. The first-order valence-electron chi connectivity index (χ1n) is 18.4. The molecule has 7 aromatic rings.